The van der Waals surface area contributed by atoms with Gasteiger partial charge in [-0.05, 0) is 67.6 Å². The van der Waals surface area contributed by atoms with Crippen molar-refractivity contribution in [2.45, 2.75) is 77.6 Å². The third-order valence-corrected chi connectivity index (χ3v) is 5.88. The Morgan fingerprint density at radius 1 is 1.04 bits per heavy atom. The Morgan fingerprint density at radius 2 is 1.63 bits per heavy atom. The summed E-state index contributed by atoms with van der Waals surface area (Å²) in [5.41, 5.74) is 2.96. The van der Waals surface area contributed by atoms with Gasteiger partial charge in [-0.2, -0.15) is 9.65 Å². The number of benzene rings is 1. The van der Waals surface area contributed by atoms with E-state index in [1.807, 2.05) is 6.08 Å². The fourth-order valence-corrected chi connectivity index (χ4v) is 4.05. The van der Waals surface area contributed by atoms with E-state index in [0.29, 0.717) is 0 Å². The second-order valence-corrected chi connectivity index (χ2v) is 7.98. The molecule has 146 valence electrons. The molecule has 0 aromatic heterocycles. The minimum Gasteiger partial charge on any atom is -0.195 e. The summed E-state index contributed by atoms with van der Waals surface area (Å²) >= 11 is 0. The van der Waals surface area contributed by atoms with Crippen molar-refractivity contribution in [1.29, 1.82) is 5.26 Å². The first-order valence-electron chi connectivity index (χ1n) is 10.7. The molecular formula is C25H34FN. The van der Waals surface area contributed by atoms with Crippen LogP contribution >= 0.6 is 0 Å². The van der Waals surface area contributed by atoms with Crippen LogP contribution in [0.4, 0.5) is 4.39 Å². The Kier molecular flexibility index (Phi) is 9.91. The van der Waals surface area contributed by atoms with Gasteiger partial charge in [0, 0.05) is 0 Å². The van der Waals surface area contributed by atoms with Crippen molar-refractivity contribution in [1.82, 2.24) is 0 Å². The number of rotatable bonds is 10. The highest BCUT2D eigenvalue weighted by molar-refractivity contribution is 5.22. The molecule has 1 aromatic carbocycles. The maximum atomic E-state index is 12.7. The number of hydrogen-bond donors (Lipinski definition) is 0. The predicted molar refractivity (Wildman–Crippen MR) is 112 cm³/mol. The molecule has 1 fully saturated rings. The number of allylic oxidation sites excluding steroid dienone is 4. The molecule has 0 radical (unpaired) electrons. The molecule has 1 aromatic rings. The van der Waals surface area contributed by atoms with Crippen LogP contribution < -0.4 is 0 Å². The Balaban J connectivity index is 1.61. The summed E-state index contributed by atoms with van der Waals surface area (Å²) in [6.07, 6.45) is 18.7. The van der Waals surface area contributed by atoms with Gasteiger partial charge in [0.05, 0.1) is 0 Å². The SMILES string of the molecule is CCCCc1ccc(CC[C@H]2CC[C@H](CC/C=C/C=C(\F)C#N)CC2)cc1. The Hall–Kier alpha value is -1.88. The zero-order valence-electron chi connectivity index (χ0n) is 16.8. The summed E-state index contributed by atoms with van der Waals surface area (Å²) in [7, 11) is 0. The van der Waals surface area contributed by atoms with Crippen LogP contribution in [0.25, 0.3) is 0 Å². The van der Waals surface area contributed by atoms with Gasteiger partial charge in [0.25, 0.3) is 0 Å². The molecule has 0 saturated heterocycles. The van der Waals surface area contributed by atoms with Gasteiger partial charge in [0.2, 0.25) is 0 Å². The molecule has 2 rings (SSSR count). The van der Waals surface area contributed by atoms with Crippen molar-refractivity contribution in [2.75, 3.05) is 0 Å². The monoisotopic (exact) mass is 367 g/mol. The van der Waals surface area contributed by atoms with Crippen LogP contribution in [0.2, 0.25) is 0 Å². The van der Waals surface area contributed by atoms with Crippen LogP contribution in [0.1, 0.15) is 75.8 Å². The molecule has 1 aliphatic rings. The Morgan fingerprint density at radius 3 is 2.22 bits per heavy atom. The summed E-state index contributed by atoms with van der Waals surface area (Å²) in [6.45, 7) is 2.25. The maximum Gasteiger partial charge on any atom is 0.199 e. The van der Waals surface area contributed by atoms with E-state index in [2.05, 4.69) is 31.2 Å². The van der Waals surface area contributed by atoms with Crippen LogP contribution in [0.5, 0.6) is 0 Å². The molecule has 0 N–H and O–H groups in total. The average Bonchev–Trinajstić information content (AvgIpc) is 2.72. The zero-order valence-corrected chi connectivity index (χ0v) is 16.8. The molecule has 1 aliphatic carbocycles. The summed E-state index contributed by atoms with van der Waals surface area (Å²) < 4.78 is 12.7. The molecule has 0 bridgehead atoms. The molecule has 0 aliphatic heterocycles. The molecular weight excluding hydrogens is 333 g/mol. The molecule has 0 heterocycles. The van der Waals surface area contributed by atoms with E-state index < -0.39 is 5.83 Å². The molecule has 0 atom stereocenters. The first kappa shape index (κ1) is 21.4. The highest BCUT2D eigenvalue weighted by atomic mass is 19.1. The number of nitrogens with zero attached hydrogens (tertiary/aromatic N) is 1. The second-order valence-electron chi connectivity index (χ2n) is 7.98. The molecule has 0 unspecified atom stereocenters. The smallest absolute Gasteiger partial charge is 0.195 e. The Labute approximate surface area is 165 Å². The van der Waals surface area contributed by atoms with Crippen molar-refractivity contribution in [2.24, 2.45) is 11.8 Å². The van der Waals surface area contributed by atoms with Crippen molar-refractivity contribution in [3.8, 4) is 6.07 Å². The number of aryl methyl sites for hydroxylation is 2. The molecule has 2 heteroatoms. The normalized spacial score (nSPS) is 20.7. The van der Waals surface area contributed by atoms with E-state index >= 15 is 0 Å². The summed E-state index contributed by atoms with van der Waals surface area (Å²) in [4.78, 5) is 0. The first-order valence-corrected chi connectivity index (χ1v) is 10.7. The van der Waals surface area contributed by atoms with E-state index in [9.17, 15) is 4.39 Å². The predicted octanol–water partition coefficient (Wildman–Crippen LogP) is 7.48. The van der Waals surface area contributed by atoms with Gasteiger partial charge in [0.15, 0.2) is 5.83 Å². The molecule has 27 heavy (non-hydrogen) atoms. The van der Waals surface area contributed by atoms with Crippen molar-refractivity contribution in [3.63, 3.8) is 0 Å². The number of unbranched alkanes of at least 4 members (excludes halogenated alkanes) is 1. The minimum absolute atomic E-state index is 0.720. The quantitative estimate of drug-likeness (QED) is 0.310. The van der Waals surface area contributed by atoms with Crippen LogP contribution in [0.3, 0.4) is 0 Å². The maximum absolute atomic E-state index is 12.7. The van der Waals surface area contributed by atoms with Gasteiger partial charge in [-0.1, -0.05) is 75.4 Å². The van der Waals surface area contributed by atoms with E-state index in [-0.39, 0.29) is 0 Å². The van der Waals surface area contributed by atoms with Gasteiger partial charge < -0.3 is 0 Å². The number of halogens is 1. The topological polar surface area (TPSA) is 23.8 Å². The highest BCUT2D eigenvalue weighted by Gasteiger charge is 2.20. The molecule has 1 saturated carbocycles. The number of hydrogen-bond acceptors (Lipinski definition) is 1. The van der Waals surface area contributed by atoms with Crippen LogP contribution in [0.15, 0.2) is 48.3 Å². The highest BCUT2D eigenvalue weighted by Crippen LogP contribution is 2.34. The summed E-state index contributed by atoms with van der Waals surface area (Å²) in [5, 5.41) is 8.35. The summed E-state index contributed by atoms with van der Waals surface area (Å²) in [6, 6.07) is 10.8. The van der Waals surface area contributed by atoms with E-state index in [1.165, 1.54) is 87.5 Å². The lowest BCUT2D eigenvalue weighted by molar-refractivity contribution is 0.254. The lowest BCUT2D eigenvalue weighted by atomic mass is 9.78. The fourth-order valence-electron chi connectivity index (χ4n) is 4.05. The molecule has 0 amide bonds. The standard InChI is InChI=1S/C25H34FN/c1-2-3-7-21-10-14-23(15-11-21)18-19-24-16-12-22(13-17-24)8-5-4-6-9-25(26)20-27/h4,6,9-11,14-15,22,24H,2-3,5,7-8,12-13,16-19H2,1H3/b6-4+,25-9-/t22-,24-. The van der Waals surface area contributed by atoms with E-state index in [4.69, 9.17) is 5.26 Å². The van der Waals surface area contributed by atoms with E-state index in [0.717, 1.165) is 18.3 Å². The second kappa shape index (κ2) is 12.5. The van der Waals surface area contributed by atoms with Gasteiger partial charge in [-0.3, -0.25) is 0 Å². The zero-order chi connectivity index (χ0) is 19.3. The van der Waals surface area contributed by atoms with Gasteiger partial charge in [0.1, 0.15) is 6.07 Å². The minimum atomic E-state index is -0.720. The third-order valence-electron chi connectivity index (χ3n) is 5.88. The molecule has 1 nitrogen and oxygen atoms in total. The van der Waals surface area contributed by atoms with Gasteiger partial charge in [-0.15, -0.1) is 0 Å². The number of nitriles is 1. The van der Waals surface area contributed by atoms with E-state index in [1.54, 1.807) is 6.08 Å². The van der Waals surface area contributed by atoms with Crippen LogP contribution in [0, 0.1) is 23.2 Å². The lowest BCUT2D eigenvalue weighted by Crippen LogP contribution is -2.15. The largest absolute Gasteiger partial charge is 0.199 e. The van der Waals surface area contributed by atoms with Crippen molar-refractivity contribution < 1.29 is 4.39 Å². The van der Waals surface area contributed by atoms with Gasteiger partial charge >= 0.3 is 0 Å². The summed E-state index contributed by atoms with van der Waals surface area (Å²) in [5.74, 6) is 0.972. The van der Waals surface area contributed by atoms with Gasteiger partial charge in [-0.25, -0.2) is 0 Å². The third kappa shape index (κ3) is 8.57. The lowest BCUT2D eigenvalue weighted by Gasteiger charge is -2.28. The Bertz CT molecular complexity index is 627. The van der Waals surface area contributed by atoms with Crippen LogP contribution in [-0.4, -0.2) is 0 Å². The average molecular weight is 368 g/mol. The first-order chi connectivity index (χ1) is 13.2. The van der Waals surface area contributed by atoms with Crippen molar-refractivity contribution >= 4 is 0 Å². The molecule has 0 spiro atoms. The van der Waals surface area contributed by atoms with Crippen LogP contribution in [-0.2, 0) is 12.8 Å². The van der Waals surface area contributed by atoms with Crippen molar-refractivity contribution in [3.05, 3.63) is 59.4 Å². The fraction of sp³-hybridized carbons (Fsp3) is 0.560.